The van der Waals surface area contributed by atoms with Crippen LogP contribution < -0.4 is 5.73 Å². The fourth-order valence-electron chi connectivity index (χ4n) is 3.20. The maximum atomic E-state index is 6.07. The highest BCUT2D eigenvalue weighted by molar-refractivity contribution is 6.30. The van der Waals surface area contributed by atoms with E-state index in [9.17, 15) is 0 Å². The van der Waals surface area contributed by atoms with Crippen LogP contribution in [-0.4, -0.2) is 20.0 Å². The van der Waals surface area contributed by atoms with Crippen molar-refractivity contribution >= 4 is 28.5 Å². The molecule has 2 aromatic heterocycles. The van der Waals surface area contributed by atoms with Crippen LogP contribution in [0.5, 0.6) is 0 Å². The first-order chi connectivity index (χ1) is 10.2. The van der Waals surface area contributed by atoms with Crippen LogP contribution in [0.2, 0.25) is 5.02 Å². The minimum Gasteiger partial charge on any atom is -0.383 e. The van der Waals surface area contributed by atoms with E-state index in [0.29, 0.717) is 16.8 Å². The summed E-state index contributed by atoms with van der Waals surface area (Å²) in [5.74, 6) is 1.09. The predicted octanol–water partition coefficient (Wildman–Crippen LogP) is 3.64. The van der Waals surface area contributed by atoms with E-state index in [1.165, 1.54) is 25.7 Å². The van der Waals surface area contributed by atoms with Crippen molar-refractivity contribution in [3.63, 3.8) is 0 Å². The molecule has 5 nitrogen and oxygen atoms in total. The summed E-state index contributed by atoms with van der Waals surface area (Å²) in [5, 5.41) is 13.7. The summed E-state index contributed by atoms with van der Waals surface area (Å²) >= 11 is 5.96. The first-order valence-electron chi connectivity index (χ1n) is 7.22. The van der Waals surface area contributed by atoms with Crippen molar-refractivity contribution in [2.75, 3.05) is 5.73 Å². The molecule has 3 N–H and O–H groups in total. The Morgan fingerprint density at radius 1 is 1.19 bits per heavy atom. The van der Waals surface area contributed by atoms with E-state index in [-0.39, 0.29) is 0 Å². The summed E-state index contributed by atoms with van der Waals surface area (Å²) in [4.78, 5) is 0. The molecule has 4 rings (SSSR count). The zero-order valence-electron chi connectivity index (χ0n) is 11.5. The molecule has 1 fully saturated rings. The van der Waals surface area contributed by atoms with Crippen molar-refractivity contribution in [1.82, 2.24) is 20.0 Å². The second-order valence-electron chi connectivity index (χ2n) is 5.59. The molecule has 0 bridgehead atoms. The van der Waals surface area contributed by atoms with Gasteiger partial charge in [0.05, 0.1) is 16.8 Å². The highest BCUT2D eigenvalue weighted by atomic mass is 35.5. The Kier molecular flexibility index (Phi) is 2.89. The van der Waals surface area contributed by atoms with Crippen LogP contribution in [-0.2, 0) is 0 Å². The van der Waals surface area contributed by atoms with E-state index in [1.807, 2.05) is 28.9 Å². The van der Waals surface area contributed by atoms with Gasteiger partial charge in [-0.3, -0.25) is 5.10 Å². The Morgan fingerprint density at radius 3 is 2.62 bits per heavy atom. The summed E-state index contributed by atoms with van der Waals surface area (Å²) in [5.41, 5.74) is 8.87. The van der Waals surface area contributed by atoms with Gasteiger partial charge in [0.1, 0.15) is 5.82 Å². The number of fused-ring (bicyclic) bond motifs is 1. The molecule has 0 unspecified atom stereocenters. The average Bonchev–Trinajstić information content (AvgIpc) is 3.18. The molecule has 3 aromatic rings. The molecule has 0 aliphatic heterocycles. The SMILES string of the molecule is Nc1[nH]nc2c1c(C1CCCC1)nn2-c1ccc(Cl)cc1. The third-order valence-corrected chi connectivity index (χ3v) is 4.50. The molecule has 1 aliphatic rings. The smallest absolute Gasteiger partial charge is 0.186 e. The van der Waals surface area contributed by atoms with E-state index < -0.39 is 0 Å². The van der Waals surface area contributed by atoms with Gasteiger partial charge in [-0.05, 0) is 37.1 Å². The van der Waals surface area contributed by atoms with Crippen LogP contribution in [0.4, 0.5) is 5.82 Å². The first kappa shape index (κ1) is 12.7. The topological polar surface area (TPSA) is 72.5 Å². The fourth-order valence-corrected chi connectivity index (χ4v) is 3.33. The lowest BCUT2D eigenvalue weighted by Crippen LogP contribution is -2.01. The molecular formula is C15H16ClN5. The van der Waals surface area contributed by atoms with Crippen LogP contribution in [0.3, 0.4) is 0 Å². The van der Waals surface area contributed by atoms with Gasteiger partial charge in [-0.2, -0.15) is 10.2 Å². The van der Waals surface area contributed by atoms with E-state index >= 15 is 0 Å². The summed E-state index contributed by atoms with van der Waals surface area (Å²) in [6.07, 6.45) is 4.88. The van der Waals surface area contributed by atoms with Gasteiger partial charge in [0.25, 0.3) is 0 Å². The largest absolute Gasteiger partial charge is 0.383 e. The Morgan fingerprint density at radius 2 is 1.90 bits per heavy atom. The number of aromatic nitrogens is 4. The summed E-state index contributed by atoms with van der Waals surface area (Å²) in [7, 11) is 0. The minimum atomic E-state index is 0.487. The van der Waals surface area contributed by atoms with Crippen LogP contribution in [0.1, 0.15) is 37.3 Å². The number of hydrogen-bond acceptors (Lipinski definition) is 3. The maximum Gasteiger partial charge on any atom is 0.186 e. The Hall–Kier alpha value is -2.01. The second kappa shape index (κ2) is 4.77. The normalized spacial score (nSPS) is 16.0. The second-order valence-corrected chi connectivity index (χ2v) is 6.03. The fraction of sp³-hybridized carbons (Fsp3) is 0.333. The molecule has 21 heavy (non-hydrogen) atoms. The number of nitrogens with two attached hydrogens (primary N) is 1. The molecule has 0 atom stereocenters. The highest BCUT2D eigenvalue weighted by Gasteiger charge is 2.26. The lowest BCUT2D eigenvalue weighted by atomic mass is 10.0. The zero-order chi connectivity index (χ0) is 14.4. The van der Waals surface area contributed by atoms with E-state index in [0.717, 1.165) is 22.4 Å². The Bertz CT molecular complexity index is 780. The number of H-pyrrole nitrogens is 1. The number of anilines is 1. The van der Waals surface area contributed by atoms with Gasteiger partial charge in [0.15, 0.2) is 5.65 Å². The standard InChI is InChI=1S/C15H16ClN5/c16-10-5-7-11(8-6-10)21-15-12(14(17)18-19-15)13(20-21)9-3-1-2-4-9/h5-9H,1-4H2,(H3,17,18,19). The zero-order valence-corrected chi connectivity index (χ0v) is 12.3. The van der Waals surface area contributed by atoms with Gasteiger partial charge in [-0.15, -0.1) is 0 Å². The van der Waals surface area contributed by atoms with Gasteiger partial charge < -0.3 is 5.73 Å². The molecule has 0 saturated heterocycles. The van der Waals surface area contributed by atoms with Crippen molar-refractivity contribution in [1.29, 1.82) is 0 Å². The van der Waals surface area contributed by atoms with Crippen molar-refractivity contribution in [3.8, 4) is 5.69 Å². The van der Waals surface area contributed by atoms with Crippen LogP contribution in [0.15, 0.2) is 24.3 Å². The lowest BCUT2D eigenvalue weighted by molar-refractivity contribution is 0.682. The van der Waals surface area contributed by atoms with Gasteiger partial charge in [-0.25, -0.2) is 4.68 Å². The highest BCUT2D eigenvalue weighted by Crippen LogP contribution is 2.38. The minimum absolute atomic E-state index is 0.487. The predicted molar refractivity (Wildman–Crippen MR) is 83.8 cm³/mol. The van der Waals surface area contributed by atoms with E-state index in [2.05, 4.69) is 10.2 Å². The van der Waals surface area contributed by atoms with Gasteiger partial charge in [0, 0.05) is 10.9 Å². The van der Waals surface area contributed by atoms with Gasteiger partial charge in [-0.1, -0.05) is 24.4 Å². The van der Waals surface area contributed by atoms with Gasteiger partial charge >= 0.3 is 0 Å². The summed E-state index contributed by atoms with van der Waals surface area (Å²) < 4.78 is 1.85. The number of nitrogens with zero attached hydrogens (tertiary/aromatic N) is 3. The van der Waals surface area contributed by atoms with Gasteiger partial charge in [0.2, 0.25) is 0 Å². The van der Waals surface area contributed by atoms with Crippen LogP contribution in [0.25, 0.3) is 16.7 Å². The van der Waals surface area contributed by atoms with Crippen molar-refractivity contribution in [3.05, 3.63) is 35.0 Å². The quantitative estimate of drug-likeness (QED) is 0.759. The van der Waals surface area contributed by atoms with Crippen LogP contribution >= 0.6 is 11.6 Å². The monoisotopic (exact) mass is 301 g/mol. The number of nitrogen functional groups attached to an aromatic ring is 1. The molecule has 108 valence electrons. The maximum absolute atomic E-state index is 6.07. The van der Waals surface area contributed by atoms with Crippen molar-refractivity contribution in [2.24, 2.45) is 0 Å². The summed E-state index contributed by atoms with van der Waals surface area (Å²) in [6, 6.07) is 7.60. The number of halogens is 1. The molecule has 0 radical (unpaired) electrons. The molecule has 1 aromatic carbocycles. The molecule has 1 saturated carbocycles. The van der Waals surface area contributed by atoms with Crippen LogP contribution in [0, 0.1) is 0 Å². The molecular weight excluding hydrogens is 286 g/mol. The van der Waals surface area contributed by atoms with Crippen molar-refractivity contribution in [2.45, 2.75) is 31.6 Å². The third-order valence-electron chi connectivity index (χ3n) is 4.25. The lowest BCUT2D eigenvalue weighted by Gasteiger charge is -2.06. The van der Waals surface area contributed by atoms with E-state index in [4.69, 9.17) is 22.4 Å². The molecule has 1 aliphatic carbocycles. The van der Waals surface area contributed by atoms with Crippen molar-refractivity contribution < 1.29 is 0 Å². The third kappa shape index (κ3) is 2.00. The number of aromatic amines is 1. The molecule has 0 spiro atoms. The average molecular weight is 302 g/mol. The first-order valence-corrected chi connectivity index (χ1v) is 7.60. The number of rotatable bonds is 2. The molecule has 6 heteroatoms. The van der Waals surface area contributed by atoms with E-state index in [1.54, 1.807) is 0 Å². The Balaban J connectivity index is 1.91. The molecule has 0 amide bonds. The molecule has 2 heterocycles. The Labute approximate surface area is 127 Å². The number of hydrogen-bond donors (Lipinski definition) is 2. The number of benzene rings is 1. The summed E-state index contributed by atoms with van der Waals surface area (Å²) in [6.45, 7) is 0. The number of nitrogens with one attached hydrogen (secondary N) is 1.